The van der Waals surface area contributed by atoms with E-state index in [0.29, 0.717) is 6.42 Å². The molecule has 1 unspecified atom stereocenters. The number of aryl methyl sites for hydroxylation is 2. The third-order valence-electron chi connectivity index (χ3n) is 2.29. The first-order valence-corrected chi connectivity index (χ1v) is 5.26. The average Bonchev–Trinajstić information content (AvgIpc) is 2.30. The summed E-state index contributed by atoms with van der Waals surface area (Å²) in [6.07, 6.45) is 0.615. The maximum Gasteiger partial charge on any atom is 0.0451 e. The van der Waals surface area contributed by atoms with Crippen LogP contribution in [0.25, 0.3) is 0 Å². The highest BCUT2D eigenvalue weighted by Crippen LogP contribution is 2.30. The molecular formula is C10H17NOS. The minimum absolute atomic E-state index is 0.140. The van der Waals surface area contributed by atoms with Crippen LogP contribution in [0.1, 0.15) is 28.7 Å². The molecule has 0 spiro atoms. The van der Waals surface area contributed by atoms with Crippen molar-refractivity contribution in [3.05, 3.63) is 21.4 Å². The number of thiophene rings is 1. The van der Waals surface area contributed by atoms with Gasteiger partial charge in [-0.15, -0.1) is 11.3 Å². The van der Waals surface area contributed by atoms with Crippen LogP contribution in [-0.2, 0) is 5.54 Å². The SMILES string of the molecule is Cc1cc(C(C)(N)CCO)c(C)s1. The highest BCUT2D eigenvalue weighted by Gasteiger charge is 2.23. The van der Waals surface area contributed by atoms with E-state index in [2.05, 4.69) is 19.9 Å². The largest absolute Gasteiger partial charge is 0.396 e. The standard InChI is InChI=1S/C10H17NOS/c1-7-6-9(8(2)13-7)10(3,11)4-5-12/h6,12H,4-5,11H2,1-3H3. The van der Waals surface area contributed by atoms with Crippen LogP contribution in [0.3, 0.4) is 0 Å². The molecule has 0 aliphatic heterocycles. The van der Waals surface area contributed by atoms with Crippen LogP contribution < -0.4 is 5.73 Å². The molecule has 1 heterocycles. The predicted molar refractivity (Wildman–Crippen MR) is 57.0 cm³/mol. The zero-order valence-electron chi connectivity index (χ0n) is 8.42. The molecule has 3 heteroatoms. The third kappa shape index (κ3) is 2.30. The van der Waals surface area contributed by atoms with Crippen molar-refractivity contribution in [3.63, 3.8) is 0 Å². The smallest absolute Gasteiger partial charge is 0.0451 e. The lowest BCUT2D eigenvalue weighted by molar-refractivity contribution is 0.247. The Morgan fingerprint density at radius 3 is 2.54 bits per heavy atom. The van der Waals surface area contributed by atoms with Gasteiger partial charge in [0.2, 0.25) is 0 Å². The average molecular weight is 199 g/mol. The first-order valence-electron chi connectivity index (χ1n) is 4.44. The summed E-state index contributed by atoms with van der Waals surface area (Å²) >= 11 is 1.76. The van der Waals surface area contributed by atoms with Crippen molar-refractivity contribution in [2.45, 2.75) is 32.7 Å². The topological polar surface area (TPSA) is 46.2 Å². The van der Waals surface area contributed by atoms with Crippen molar-refractivity contribution in [3.8, 4) is 0 Å². The first kappa shape index (κ1) is 10.7. The third-order valence-corrected chi connectivity index (χ3v) is 3.25. The number of hydrogen-bond acceptors (Lipinski definition) is 3. The van der Waals surface area contributed by atoms with Gasteiger partial charge in [0.05, 0.1) is 0 Å². The summed E-state index contributed by atoms with van der Waals surface area (Å²) in [6, 6.07) is 2.12. The summed E-state index contributed by atoms with van der Waals surface area (Å²) in [7, 11) is 0. The fourth-order valence-electron chi connectivity index (χ4n) is 1.56. The van der Waals surface area contributed by atoms with Crippen molar-refractivity contribution in [2.75, 3.05) is 6.61 Å². The fraction of sp³-hybridized carbons (Fsp3) is 0.600. The van der Waals surface area contributed by atoms with E-state index >= 15 is 0 Å². The Labute approximate surface area is 83.4 Å². The number of nitrogens with two attached hydrogens (primary N) is 1. The molecule has 1 aromatic heterocycles. The molecule has 1 aromatic rings. The van der Waals surface area contributed by atoms with Gasteiger partial charge in [-0.05, 0) is 38.8 Å². The second-order valence-corrected chi connectivity index (χ2v) is 5.18. The summed E-state index contributed by atoms with van der Waals surface area (Å²) in [5.41, 5.74) is 6.89. The second-order valence-electron chi connectivity index (χ2n) is 3.72. The van der Waals surface area contributed by atoms with Crippen LogP contribution in [-0.4, -0.2) is 11.7 Å². The quantitative estimate of drug-likeness (QED) is 0.781. The molecule has 0 aromatic carbocycles. The summed E-state index contributed by atoms with van der Waals surface area (Å²) < 4.78 is 0. The Morgan fingerprint density at radius 2 is 2.15 bits per heavy atom. The fourth-order valence-corrected chi connectivity index (χ4v) is 2.63. The Balaban J connectivity index is 2.98. The number of aliphatic hydroxyl groups excluding tert-OH is 1. The van der Waals surface area contributed by atoms with Gasteiger partial charge in [-0.25, -0.2) is 0 Å². The molecule has 0 aliphatic carbocycles. The predicted octanol–water partition coefficient (Wildman–Crippen LogP) is 1.92. The van der Waals surface area contributed by atoms with Crippen molar-refractivity contribution >= 4 is 11.3 Å². The summed E-state index contributed by atoms with van der Waals surface area (Å²) in [5.74, 6) is 0. The molecule has 0 saturated heterocycles. The van der Waals surface area contributed by atoms with Gasteiger partial charge in [0.15, 0.2) is 0 Å². The molecular weight excluding hydrogens is 182 g/mol. The van der Waals surface area contributed by atoms with E-state index < -0.39 is 0 Å². The molecule has 2 nitrogen and oxygen atoms in total. The zero-order chi connectivity index (χ0) is 10.1. The van der Waals surface area contributed by atoms with Crippen LogP contribution in [0.5, 0.6) is 0 Å². The Morgan fingerprint density at radius 1 is 1.54 bits per heavy atom. The molecule has 0 radical (unpaired) electrons. The van der Waals surface area contributed by atoms with Gasteiger partial charge < -0.3 is 10.8 Å². The minimum atomic E-state index is -0.385. The summed E-state index contributed by atoms with van der Waals surface area (Å²) in [5, 5.41) is 8.88. The monoisotopic (exact) mass is 199 g/mol. The van der Waals surface area contributed by atoms with Gasteiger partial charge >= 0.3 is 0 Å². The van der Waals surface area contributed by atoms with Crippen molar-refractivity contribution in [1.29, 1.82) is 0 Å². The van der Waals surface area contributed by atoms with Crippen LogP contribution in [0.2, 0.25) is 0 Å². The van der Waals surface area contributed by atoms with E-state index in [0.717, 1.165) is 0 Å². The van der Waals surface area contributed by atoms with E-state index in [-0.39, 0.29) is 12.1 Å². The molecule has 0 amide bonds. The lowest BCUT2D eigenvalue weighted by Crippen LogP contribution is -2.34. The lowest BCUT2D eigenvalue weighted by Gasteiger charge is -2.23. The molecule has 1 atom stereocenters. The van der Waals surface area contributed by atoms with Crippen LogP contribution in [0.15, 0.2) is 6.07 Å². The second kappa shape index (κ2) is 3.78. The summed E-state index contributed by atoms with van der Waals surface area (Å²) in [6.45, 7) is 6.27. The molecule has 0 aliphatic rings. The summed E-state index contributed by atoms with van der Waals surface area (Å²) in [4.78, 5) is 2.54. The van der Waals surface area contributed by atoms with Gasteiger partial charge in [-0.1, -0.05) is 0 Å². The molecule has 0 fully saturated rings. The van der Waals surface area contributed by atoms with Gasteiger partial charge in [0, 0.05) is 21.9 Å². The maximum atomic E-state index is 8.88. The maximum absolute atomic E-state index is 8.88. The van der Waals surface area contributed by atoms with E-state index in [1.807, 2.05) is 6.92 Å². The highest BCUT2D eigenvalue weighted by molar-refractivity contribution is 7.12. The lowest BCUT2D eigenvalue weighted by atomic mass is 9.90. The van der Waals surface area contributed by atoms with Crippen LogP contribution in [0, 0.1) is 13.8 Å². The van der Waals surface area contributed by atoms with Crippen LogP contribution >= 0.6 is 11.3 Å². The number of aliphatic hydroxyl groups is 1. The van der Waals surface area contributed by atoms with E-state index in [1.54, 1.807) is 11.3 Å². The van der Waals surface area contributed by atoms with Gasteiger partial charge in [0.1, 0.15) is 0 Å². The van der Waals surface area contributed by atoms with Gasteiger partial charge in [-0.2, -0.15) is 0 Å². The van der Waals surface area contributed by atoms with E-state index in [9.17, 15) is 0 Å². The Hall–Kier alpha value is -0.380. The molecule has 3 N–H and O–H groups in total. The van der Waals surface area contributed by atoms with Crippen LogP contribution in [0.4, 0.5) is 0 Å². The van der Waals surface area contributed by atoms with Crippen molar-refractivity contribution in [2.24, 2.45) is 5.73 Å². The van der Waals surface area contributed by atoms with E-state index in [1.165, 1.54) is 15.3 Å². The Kier molecular flexibility index (Phi) is 3.11. The van der Waals surface area contributed by atoms with Gasteiger partial charge in [0.25, 0.3) is 0 Å². The molecule has 13 heavy (non-hydrogen) atoms. The zero-order valence-corrected chi connectivity index (χ0v) is 9.24. The van der Waals surface area contributed by atoms with Crippen molar-refractivity contribution < 1.29 is 5.11 Å². The van der Waals surface area contributed by atoms with Crippen molar-refractivity contribution in [1.82, 2.24) is 0 Å². The molecule has 0 bridgehead atoms. The Bertz CT molecular complexity index is 291. The number of rotatable bonds is 3. The first-order chi connectivity index (χ1) is 5.97. The molecule has 1 rings (SSSR count). The van der Waals surface area contributed by atoms with Gasteiger partial charge in [-0.3, -0.25) is 0 Å². The number of hydrogen-bond donors (Lipinski definition) is 2. The molecule has 0 saturated carbocycles. The van der Waals surface area contributed by atoms with E-state index in [4.69, 9.17) is 10.8 Å². The minimum Gasteiger partial charge on any atom is -0.396 e. The molecule has 74 valence electrons. The normalized spacial score (nSPS) is 15.8. The highest BCUT2D eigenvalue weighted by atomic mass is 32.1.